The van der Waals surface area contributed by atoms with Crippen LogP contribution >= 0.6 is 0 Å². The van der Waals surface area contributed by atoms with Crippen molar-refractivity contribution in [2.75, 3.05) is 13.1 Å². The van der Waals surface area contributed by atoms with Crippen LogP contribution in [0.3, 0.4) is 0 Å². The van der Waals surface area contributed by atoms with Gasteiger partial charge in [-0.25, -0.2) is 0 Å². The van der Waals surface area contributed by atoms with Crippen LogP contribution in [0.25, 0.3) is 11.5 Å². The molecule has 0 aliphatic rings. The summed E-state index contributed by atoms with van der Waals surface area (Å²) in [7, 11) is 0. The first kappa shape index (κ1) is 15.5. The van der Waals surface area contributed by atoms with Crippen LogP contribution < -0.4 is 5.32 Å². The number of aryl methyl sites for hydroxylation is 1. The molecule has 0 aliphatic heterocycles. The Hall–Kier alpha value is -1.89. The van der Waals surface area contributed by atoms with Crippen LogP contribution in [0.15, 0.2) is 28.7 Å². The Labute approximate surface area is 120 Å². The maximum Gasteiger partial charge on any atom is 0.417 e. The Kier molecular flexibility index (Phi) is 4.95. The Morgan fingerprint density at radius 1 is 1.19 bits per heavy atom. The fraction of sp³-hybridized carbons (Fsp3) is 0.429. The summed E-state index contributed by atoms with van der Waals surface area (Å²) in [6.07, 6.45) is -3.12. The van der Waals surface area contributed by atoms with Gasteiger partial charge in [-0.05, 0) is 31.6 Å². The molecule has 0 unspecified atom stereocenters. The Balaban J connectivity index is 2.15. The fourth-order valence-corrected chi connectivity index (χ4v) is 1.92. The van der Waals surface area contributed by atoms with Crippen molar-refractivity contribution in [3.05, 3.63) is 35.7 Å². The molecule has 0 fully saturated rings. The molecule has 7 heteroatoms. The molecule has 0 amide bonds. The highest BCUT2D eigenvalue weighted by atomic mass is 19.4. The van der Waals surface area contributed by atoms with Gasteiger partial charge in [0.2, 0.25) is 11.8 Å². The zero-order valence-electron chi connectivity index (χ0n) is 11.6. The van der Waals surface area contributed by atoms with E-state index in [9.17, 15) is 13.2 Å². The third-order valence-corrected chi connectivity index (χ3v) is 2.92. The van der Waals surface area contributed by atoms with Crippen molar-refractivity contribution in [1.29, 1.82) is 0 Å². The summed E-state index contributed by atoms with van der Waals surface area (Å²) in [6.45, 7) is 3.67. The molecule has 0 bridgehead atoms. The van der Waals surface area contributed by atoms with Gasteiger partial charge in [0.1, 0.15) is 0 Å². The van der Waals surface area contributed by atoms with Crippen LogP contribution in [0, 0.1) is 0 Å². The second kappa shape index (κ2) is 6.71. The monoisotopic (exact) mass is 299 g/mol. The van der Waals surface area contributed by atoms with Crippen molar-refractivity contribution < 1.29 is 17.6 Å². The second-order valence-corrected chi connectivity index (χ2v) is 4.50. The van der Waals surface area contributed by atoms with Gasteiger partial charge in [0, 0.05) is 6.42 Å². The van der Waals surface area contributed by atoms with Crippen molar-refractivity contribution in [1.82, 2.24) is 15.5 Å². The predicted octanol–water partition coefficient (Wildman–Crippen LogP) is 3.30. The van der Waals surface area contributed by atoms with Crippen molar-refractivity contribution in [3.63, 3.8) is 0 Å². The number of hydrogen-bond acceptors (Lipinski definition) is 4. The highest BCUT2D eigenvalue weighted by Crippen LogP contribution is 2.36. The molecule has 1 N–H and O–H groups in total. The molecule has 0 saturated carbocycles. The lowest BCUT2D eigenvalue weighted by Crippen LogP contribution is -2.14. The molecule has 0 saturated heterocycles. The third-order valence-electron chi connectivity index (χ3n) is 2.92. The number of hydrogen-bond donors (Lipinski definition) is 1. The predicted molar refractivity (Wildman–Crippen MR) is 71.6 cm³/mol. The lowest BCUT2D eigenvalue weighted by atomic mass is 10.1. The highest BCUT2D eigenvalue weighted by molar-refractivity contribution is 5.59. The van der Waals surface area contributed by atoms with Gasteiger partial charge in [-0.1, -0.05) is 19.1 Å². The van der Waals surface area contributed by atoms with Crippen molar-refractivity contribution in [3.8, 4) is 11.5 Å². The number of aromatic nitrogens is 2. The molecular formula is C14H16F3N3O. The third kappa shape index (κ3) is 4.04. The minimum Gasteiger partial charge on any atom is -0.421 e. The van der Waals surface area contributed by atoms with Gasteiger partial charge < -0.3 is 9.73 Å². The van der Waals surface area contributed by atoms with E-state index in [4.69, 9.17) is 4.42 Å². The van der Waals surface area contributed by atoms with Gasteiger partial charge >= 0.3 is 6.18 Å². The van der Waals surface area contributed by atoms with E-state index in [1.165, 1.54) is 18.2 Å². The van der Waals surface area contributed by atoms with Gasteiger partial charge in [-0.3, -0.25) is 0 Å². The van der Waals surface area contributed by atoms with Gasteiger partial charge in [-0.2, -0.15) is 13.2 Å². The molecular weight excluding hydrogens is 283 g/mol. The Morgan fingerprint density at radius 2 is 1.95 bits per heavy atom. The molecule has 1 heterocycles. The van der Waals surface area contributed by atoms with E-state index in [-0.39, 0.29) is 11.5 Å². The lowest BCUT2D eigenvalue weighted by Gasteiger charge is -2.09. The average Bonchev–Trinajstić information content (AvgIpc) is 2.91. The molecule has 1 aromatic carbocycles. The highest BCUT2D eigenvalue weighted by Gasteiger charge is 2.34. The fourth-order valence-electron chi connectivity index (χ4n) is 1.92. The van der Waals surface area contributed by atoms with Gasteiger partial charge in [0.25, 0.3) is 0 Å². The van der Waals surface area contributed by atoms with Crippen LogP contribution in [-0.4, -0.2) is 23.3 Å². The van der Waals surface area contributed by atoms with Gasteiger partial charge in [0.05, 0.1) is 11.1 Å². The summed E-state index contributed by atoms with van der Waals surface area (Å²) in [5.74, 6) is 0.251. The summed E-state index contributed by atoms with van der Waals surface area (Å²) in [5.41, 5.74) is -0.858. The smallest absolute Gasteiger partial charge is 0.417 e. The minimum absolute atomic E-state index is 0.0876. The number of alkyl halides is 3. The van der Waals surface area contributed by atoms with E-state index in [1.807, 2.05) is 6.92 Å². The molecule has 114 valence electrons. The Bertz CT molecular complexity index is 581. The van der Waals surface area contributed by atoms with Crippen molar-refractivity contribution >= 4 is 0 Å². The summed E-state index contributed by atoms with van der Waals surface area (Å²) in [5, 5.41) is 10.7. The lowest BCUT2D eigenvalue weighted by molar-refractivity contribution is -0.137. The zero-order valence-corrected chi connectivity index (χ0v) is 11.6. The number of nitrogens with one attached hydrogen (secondary N) is 1. The van der Waals surface area contributed by atoms with Crippen molar-refractivity contribution in [2.45, 2.75) is 25.9 Å². The molecule has 0 spiro atoms. The first-order chi connectivity index (χ1) is 10.0. The van der Waals surface area contributed by atoms with E-state index >= 15 is 0 Å². The molecule has 2 rings (SSSR count). The molecule has 2 aromatic rings. The average molecular weight is 299 g/mol. The number of rotatable bonds is 6. The molecule has 0 atom stereocenters. The van der Waals surface area contributed by atoms with E-state index in [0.29, 0.717) is 12.3 Å². The maximum absolute atomic E-state index is 12.9. The largest absolute Gasteiger partial charge is 0.421 e. The summed E-state index contributed by atoms with van der Waals surface area (Å²) in [6, 6.07) is 5.18. The summed E-state index contributed by atoms with van der Waals surface area (Å²) in [4.78, 5) is 0. The SMILES string of the molecule is CCNCCCc1nnc(-c2ccccc2C(F)(F)F)o1. The van der Waals surface area contributed by atoms with E-state index < -0.39 is 11.7 Å². The summed E-state index contributed by atoms with van der Waals surface area (Å²) >= 11 is 0. The molecule has 1 aromatic heterocycles. The first-order valence-electron chi connectivity index (χ1n) is 6.72. The number of halogens is 3. The van der Waals surface area contributed by atoms with Gasteiger partial charge in [-0.15, -0.1) is 10.2 Å². The van der Waals surface area contributed by atoms with Crippen LogP contribution in [0.4, 0.5) is 13.2 Å². The minimum atomic E-state index is -4.45. The van der Waals surface area contributed by atoms with Crippen LogP contribution in [0.1, 0.15) is 24.8 Å². The molecule has 21 heavy (non-hydrogen) atoms. The van der Waals surface area contributed by atoms with Crippen molar-refractivity contribution in [2.24, 2.45) is 0 Å². The van der Waals surface area contributed by atoms with E-state index in [1.54, 1.807) is 0 Å². The van der Waals surface area contributed by atoms with E-state index in [2.05, 4.69) is 15.5 Å². The van der Waals surface area contributed by atoms with E-state index in [0.717, 1.165) is 25.6 Å². The quantitative estimate of drug-likeness (QED) is 0.832. The molecule has 0 radical (unpaired) electrons. The second-order valence-electron chi connectivity index (χ2n) is 4.50. The number of benzene rings is 1. The number of nitrogens with zero attached hydrogens (tertiary/aromatic N) is 2. The standard InChI is InChI=1S/C14H16F3N3O/c1-2-18-9-5-8-12-19-20-13(21-12)10-6-3-4-7-11(10)14(15,16)17/h3-4,6-7,18H,2,5,8-9H2,1H3. The van der Waals surface area contributed by atoms with Crippen LogP contribution in [0.2, 0.25) is 0 Å². The molecule has 0 aliphatic carbocycles. The first-order valence-corrected chi connectivity index (χ1v) is 6.72. The van der Waals surface area contributed by atoms with Crippen LogP contribution in [0.5, 0.6) is 0 Å². The normalized spacial score (nSPS) is 11.8. The maximum atomic E-state index is 12.9. The molecule has 4 nitrogen and oxygen atoms in total. The van der Waals surface area contributed by atoms with Crippen LogP contribution in [-0.2, 0) is 12.6 Å². The van der Waals surface area contributed by atoms with Gasteiger partial charge in [0.15, 0.2) is 0 Å². The zero-order chi connectivity index (χ0) is 15.3. The summed E-state index contributed by atoms with van der Waals surface area (Å²) < 4.78 is 44.1. The Morgan fingerprint density at radius 3 is 2.67 bits per heavy atom. The topological polar surface area (TPSA) is 51.0 Å².